The monoisotopic (exact) mass is 174 g/mol. The van der Waals surface area contributed by atoms with Crippen molar-refractivity contribution in [3.05, 3.63) is 36.2 Å². The molecule has 0 fully saturated rings. The molecule has 2 heteroatoms. The van der Waals surface area contributed by atoms with Gasteiger partial charge in [0, 0.05) is 18.8 Å². The number of nitrogens with one attached hydrogen (secondary N) is 1. The van der Waals surface area contributed by atoms with Gasteiger partial charge in [0.2, 0.25) is 0 Å². The van der Waals surface area contributed by atoms with Crippen molar-refractivity contribution in [2.75, 3.05) is 6.54 Å². The summed E-state index contributed by atoms with van der Waals surface area (Å²) in [5.74, 6) is 0. The van der Waals surface area contributed by atoms with Gasteiger partial charge in [0.05, 0.1) is 11.4 Å². The number of aromatic nitrogens is 1. The molecule has 0 saturated heterocycles. The topological polar surface area (TPSA) is 17.0 Å². The molecule has 0 radical (unpaired) electrons. The van der Waals surface area contributed by atoms with E-state index in [9.17, 15) is 0 Å². The van der Waals surface area contributed by atoms with Gasteiger partial charge in [-0.25, -0.2) is 0 Å². The first-order chi connectivity index (χ1) is 6.24. The molecular formula is C11H14N2. The summed E-state index contributed by atoms with van der Waals surface area (Å²) < 4.78 is 2.29. The van der Waals surface area contributed by atoms with E-state index in [2.05, 4.69) is 36.0 Å². The van der Waals surface area contributed by atoms with Crippen LogP contribution < -0.4 is 5.32 Å². The van der Waals surface area contributed by atoms with Gasteiger partial charge in [-0.2, -0.15) is 0 Å². The summed E-state index contributed by atoms with van der Waals surface area (Å²) in [7, 11) is 0. The lowest BCUT2D eigenvalue weighted by atomic mass is 10.2. The van der Waals surface area contributed by atoms with Crippen molar-refractivity contribution in [3.63, 3.8) is 0 Å². The predicted molar refractivity (Wildman–Crippen MR) is 56.3 cm³/mol. The number of hydrogen-bond donors (Lipinski definition) is 1. The summed E-state index contributed by atoms with van der Waals surface area (Å²) in [5, 5.41) is 3.25. The van der Waals surface area contributed by atoms with Crippen LogP contribution in [0.2, 0.25) is 0 Å². The number of rotatable bonds is 1. The van der Waals surface area contributed by atoms with E-state index in [0.717, 1.165) is 18.8 Å². The zero-order valence-electron chi connectivity index (χ0n) is 7.93. The highest BCUT2D eigenvalue weighted by Gasteiger charge is 2.15. The summed E-state index contributed by atoms with van der Waals surface area (Å²) in [5.41, 5.74) is 4.70. The van der Waals surface area contributed by atoms with Gasteiger partial charge < -0.3 is 9.88 Å². The van der Waals surface area contributed by atoms with Crippen LogP contribution in [0.5, 0.6) is 0 Å². The number of nitrogens with zero attached hydrogens (tertiary/aromatic N) is 1. The van der Waals surface area contributed by atoms with Crippen LogP contribution in [0.25, 0.3) is 11.8 Å². The molecule has 2 rings (SSSR count). The molecule has 0 unspecified atom stereocenters. The van der Waals surface area contributed by atoms with E-state index < -0.39 is 0 Å². The van der Waals surface area contributed by atoms with Crippen LogP contribution in [0.15, 0.2) is 19.2 Å². The van der Waals surface area contributed by atoms with E-state index in [0.29, 0.717) is 0 Å². The maximum absolute atomic E-state index is 3.98. The zero-order valence-corrected chi connectivity index (χ0v) is 7.93. The van der Waals surface area contributed by atoms with Crippen molar-refractivity contribution < 1.29 is 0 Å². The van der Waals surface area contributed by atoms with Gasteiger partial charge >= 0.3 is 0 Å². The Bertz CT molecular complexity index is 372. The molecule has 13 heavy (non-hydrogen) atoms. The maximum atomic E-state index is 3.98. The Morgan fingerprint density at radius 2 is 2.38 bits per heavy atom. The van der Waals surface area contributed by atoms with Crippen LogP contribution in [-0.2, 0) is 6.54 Å². The van der Waals surface area contributed by atoms with Gasteiger partial charge in [0.25, 0.3) is 0 Å². The van der Waals surface area contributed by atoms with E-state index in [-0.39, 0.29) is 0 Å². The second-order valence-corrected chi connectivity index (χ2v) is 3.33. The fraction of sp³-hybridized carbons (Fsp3) is 0.273. The van der Waals surface area contributed by atoms with E-state index in [4.69, 9.17) is 0 Å². The predicted octanol–water partition coefficient (Wildman–Crippen LogP) is 2.01. The maximum Gasteiger partial charge on any atom is 0.0645 e. The Morgan fingerprint density at radius 1 is 1.62 bits per heavy atom. The first-order valence-electron chi connectivity index (χ1n) is 4.49. The third-order valence-electron chi connectivity index (χ3n) is 2.61. The lowest BCUT2D eigenvalue weighted by Gasteiger charge is -2.20. The molecule has 68 valence electrons. The third kappa shape index (κ3) is 1.10. The fourth-order valence-electron chi connectivity index (χ4n) is 1.82. The molecule has 0 aromatic carbocycles. The highest BCUT2D eigenvalue weighted by molar-refractivity contribution is 5.66. The molecule has 1 aliphatic rings. The minimum atomic E-state index is 0.970. The third-order valence-corrected chi connectivity index (χ3v) is 2.61. The molecule has 0 spiro atoms. The molecule has 1 N–H and O–H groups in total. The Kier molecular flexibility index (Phi) is 1.76. The van der Waals surface area contributed by atoms with E-state index in [1.807, 2.05) is 6.08 Å². The van der Waals surface area contributed by atoms with Gasteiger partial charge in [-0.1, -0.05) is 19.2 Å². The van der Waals surface area contributed by atoms with Gasteiger partial charge in [0.15, 0.2) is 0 Å². The zero-order chi connectivity index (χ0) is 9.42. The molecule has 0 bridgehead atoms. The second kappa shape index (κ2) is 2.80. The Hall–Kier alpha value is -1.44. The molecule has 2 nitrogen and oxygen atoms in total. The highest BCUT2D eigenvalue weighted by atomic mass is 15.1. The van der Waals surface area contributed by atoms with Crippen molar-refractivity contribution in [2.45, 2.75) is 13.5 Å². The molecule has 0 saturated carbocycles. The van der Waals surface area contributed by atoms with E-state index in [1.165, 1.54) is 17.0 Å². The average Bonchev–Trinajstić information content (AvgIpc) is 2.45. The molecule has 0 aliphatic carbocycles. The van der Waals surface area contributed by atoms with Crippen LogP contribution in [0.3, 0.4) is 0 Å². The molecule has 2 heterocycles. The van der Waals surface area contributed by atoms with Crippen LogP contribution >= 0.6 is 0 Å². The molecule has 1 aliphatic heterocycles. The average molecular weight is 174 g/mol. The lowest BCUT2D eigenvalue weighted by molar-refractivity contribution is 0.614. The minimum Gasteiger partial charge on any atom is -0.382 e. The van der Waals surface area contributed by atoms with Crippen molar-refractivity contribution in [3.8, 4) is 0 Å². The van der Waals surface area contributed by atoms with Gasteiger partial charge in [-0.05, 0) is 18.6 Å². The minimum absolute atomic E-state index is 0.970. The molecule has 1 aromatic heterocycles. The molecule has 0 amide bonds. The quantitative estimate of drug-likeness (QED) is 0.689. The Labute approximate surface area is 78.6 Å². The van der Waals surface area contributed by atoms with Gasteiger partial charge in [-0.15, -0.1) is 0 Å². The summed E-state index contributed by atoms with van der Waals surface area (Å²) in [6.45, 7) is 11.9. The van der Waals surface area contributed by atoms with Crippen molar-refractivity contribution in [1.29, 1.82) is 0 Å². The van der Waals surface area contributed by atoms with Crippen molar-refractivity contribution >= 4 is 11.8 Å². The van der Waals surface area contributed by atoms with Crippen LogP contribution in [0.1, 0.15) is 17.0 Å². The smallest absolute Gasteiger partial charge is 0.0645 e. The van der Waals surface area contributed by atoms with Crippen LogP contribution in [0.4, 0.5) is 0 Å². The van der Waals surface area contributed by atoms with Crippen molar-refractivity contribution in [2.24, 2.45) is 0 Å². The normalized spacial score (nSPS) is 15.0. The lowest BCUT2D eigenvalue weighted by Crippen LogP contribution is -2.26. The van der Waals surface area contributed by atoms with Crippen molar-refractivity contribution in [1.82, 2.24) is 9.88 Å². The SMILES string of the molecule is C=Cc1cc2n(c1C)CCNC2=C. The molecule has 0 atom stereocenters. The van der Waals surface area contributed by atoms with E-state index in [1.54, 1.807) is 0 Å². The highest BCUT2D eigenvalue weighted by Crippen LogP contribution is 2.22. The summed E-state index contributed by atoms with van der Waals surface area (Å²) in [6.07, 6.45) is 1.90. The summed E-state index contributed by atoms with van der Waals surface area (Å²) in [4.78, 5) is 0. The van der Waals surface area contributed by atoms with Crippen LogP contribution in [-0.4, -0.2) is 11.1 Å². The van der Waals surface area contributed by atoms with Gasteiger partial charge in [0.1, 0.15) is 0 Å². The summed E-state index contributed by atoms with van der Waals surface area (Å²) in [6, 6.07) is 2.14. The Balaban J connectivity index is 2.60. The first-order valence-corrected chi connectivity index (χ1v) is 4.49. The fourth-order valence-corrected chi connectivity index (χ4v) is 1.82. The first kappa shape index (κ1) is 8.17. The van der Waals surface area contributed by atoms with E-state index >= 15 is 0 Å². The standard InChI is InChI=1S/C11H14N2/c1-4-10-7-11-8(2)12-5-6-13(11)9(10)3/h4,7,12H,1-2,5-6H2,3H3. The largest absolute Gasteiger partial charge is 0.382 e. The number of hydrogen-bond acceptors (Lipinski definition) is 1. The molecule has 1 aromatic rings. The summed E-state index contributed by atoms with van der Waals surface area (Å²) >= 11 is 0. The van der Waals surface area contributed by atoms with Crippen LogP contribution in [0, 0.1) is 6.92 Å². The number of fused-ring (bicyclic) bond motifs is 1. The second-order valence-electron chi connectivity index (χ2n) is 3.33. The Morgan fingerprint density at radius 3 is 3.00 bits per heavy atom. The molecular weight excluding hydrogens is 160 g/mol. The van der Waals surface area contributed by atoms with Gasteiger partial charge in [-0.3, -0.25) is 0 Å².